The van der Waals surface area contributed by atoms with Gasteiger partial charge in [-0.2, -0.15) is 4.98 Å². The summed E-state index contributed by atoms with van der Waals surface area (Å²) in [6.07, 6.45) is 2.87. The normalized spacial score (nSPS) is 16.3. The number of carbonyl (C=O) groups is 1. The van der Waals surface area contributed by atoms with Crippen molar-refractivity contribution in [3.63, 3.8) is 0 Å². The van der Waals surface area contributed by atoms with E-state index in [2.05, 4.69) is 10.1 Å². The number of rotatable bonds is 7. The molecular weight excluding hydrogens is 397 g/mol. The first-order valence-electron chi connectivity index (χ1n) is 10.7. The molecule has 0 N–H and O–H groups in total. The zero-order valence-corrected chi connectivity index (χ0v) is 17.6. The molecule has 0 aliphatic carbocycles. The van der Waals surface area contributed by atoms with Crippen LogP contribution in [-0.2, 0) is 4.79 Å². The predicted octanol–water partition coefficient (Wildman–Crippen LogP) is 4.75. The number of halogens is 1. The Bertz CT molecular complexity index is 1040. The van der Waals surface area contributed by atoms with Gasteiger partial charge in [0.2, 0.25) is 17.6 Å². The number of likely N-dealkylation sites (tertiary alicyclic amines) is 1. The fourth-order valence-electron chi connectivity index (χ4n) is 3.83. The number of ether oxygens (including phenoxy) is 1. The van der Waals surface area contributed by atoms with Gasteiger partial charge in [-0.3, -0.25) is 4.79 Å². The monoisotopic (exact) mass is 423 g/mol. The summed E-state index contributed by atoms with van der Waals surface area (Å²) < 4.78 is 24.6. The zero-order valence-electron chi connectivity index (χ0n) is 17.6. The largest absolute Gasteiger partial charge is 0.494 e. The van der Waals surface area contributed by atoms with E-state index >= 15 is 0 Å². The smallest absolute Gasteiger partial charge is 0.231 e. The number of nitrogens with zero attached hydrogens (tertiary/aromatic N) is 3. The molecule has 7 heteroatoms. The van der Waals surface area contributed by atoms with Crippen LogP contribution in [0.5, 0.6) is 5.75 Å². The lowest BCUT2D eigenvalue weighted by atomic mass is 9.97. The van der Waals surface area contributed by atoms with Gasteiger partial charge < -0.3 is 14.2 Å². The fourth-order valence-corrected chi connectivity index (χ4v) is 3.83. The Morgan fingerprint density at radius 2 is 2.13 bits per heavy atom. The van der Waals surface area contributed by atoms with Gasteiger partial charge in [0, 0.05) is 25.1 Å². The lowest BCUT2D eigenvalue weighted by Gasteiger charge is -2.31. The van der Waals surface area contributed by atoms with E-state index in [1.54, 1.807) is 12.1 Å². The van der Waals surface area contributed by atoms with Crippen molar-refractivity contribution in [2.45, 2.75) is 38.5 Å². The van der Waals surface area contributed by atoms with E-state index in [4.69, 9.17) is 9.26 Å². The van der Waals surface area contributed by atoms with E-state index in [-0.39, 0.29) is 17.6 Å². The van der Waals surface area contributed by atoms with Crippen molar-refractivity contribution in [1.29, 1.82) is 0 Å². The van der Waals surface area contributed by atoms with Gasteiger partial charge in [0.05, 0.1) is 12.5 Å². The molecule has 31 heavy (non-hydrogen) atoms. The van der Waals surface area contributed by atoms with Crippen molar-refractivity contribution in [2.24, 2.45) is 0 Å². The van der Waals surface area contributed by atoms with Crippen LogP contribution in [-0.4, -0.2) is 40.6 Å². The molecule has 1 aliphatic heterocycles. The van der Waals surface area contributed by atoms with Crippen LogP contribution < -0.4 is 4.74 Å². The highest BCUT2D eigenvalue weighted by atomic mass is 19.1. The first-order valence-corrected chi connectivity index (χ1v) is 10.7. The number of carbonyl (C=O) groups excluding carboxylic acids is 1. The van der Waals surface area contributed by atoms with E-state index in [0.29, 0.717) is 43.3 Å². The average molecular weight is 423 g/mol. The SMILES string of the molecule is Cc1cccc(OCCCC(=O)N2CCCC(c3nc(-c4cccc(F)c4)no3)C2)c1. The van der Waals surface area contributed by atoms with E-state index in [9.17, 15) is 9.18 Å². The van der Waals surface area contributed by atoms with E-state index in [1.807, 2.05) is 36.1 Å². The maximum atomic E-state index is 13.5. The lowest BCUT2D eigenvalue weighted by molar-refractivity contribution is -0.132. The minimum Gasteiger partial charge on any atom is -0.494 e. The van der Waals surface area contributed by atoms with Crippen molar-refractivity contribution in [2.75, 3.05) is 19.7 Å². The minimum absolute atomic E-state index is 0.00365. The second-order valence-electron chi connectivity index (χ2n) is 7.91. The molecule has 1 saturated heterocycles. The van der Waals surface area contributed by atoms with Crippen LogP contribution in [0.2, 0.25) is 0 Å². The summed E-state index contributed by atoms with van der Waals surface area (Å²) >= 11 is 0. The van der Waals surface area contributed by atoms with Gasteiger partial charge in [-0.25, -0.2) is 4.39 Å². The topological polar surface area (TPSA) is 68.5 Å². The van der Waals surface area contributed by atoms with Crippen LogP contribution in [0.3, 0.4) is 0 Å². The summed E-state index contributed by atoms with van der Waals surface area (Å²) in [6, 6.07) is 14.0. The highest BCUT2D eigenvalue weighted by molar-refractivity contribution is 5.76. The molecule has 2 heterocycles. The molecule has 0 spiro atoms. The lowest BCUT2D eigenvalue weighted by Crippen LogP contribution is -2.39. The summed E-state index contributed by atoms with van der Waals surface area (Å²) in [7, 11) is 0. The molecule has 0 saturated carbocycles. The Labute approximate surface area is 181 Å². The minimum atomic E-state index is -0.343. The molecule has 1 atom stereocenters. The number of benzene rings is 2. The van der Waals surface area contributed by atoms with Crippen LogP contribution in [0, 0.1) is 12.7 Å². The van der Waals surface area contributed by atoms with Gasteiger partial charge in [0.25, 0.3) is 0 Å². The van der Waals surface area contributed by atoms with Gasteiger partial charge in [-0.1, -0.05) is 29.4 Å². The third-order valence-electron chi connectivity index (χ3n) is 5.44. The third-order valence-corrected chi connectivity index (χ3v) is 5.44. The van der Waals surface area contributed by atoms with Gasteiger partial charge in [-0.15, -0.1) is 0 Å². The molecule has 4 rings (SSSR count). The van der Waals surface area contributed by atoms with E-state index in [1.165, 1.54) is 12.1 Å². The second-order valence-corrected chi connectivity index (χ2v) is 7.91. The van der Waals surface area contributed by atoms with Crippen LogP contribution in [0.25, 0.3) is 11.4 Å². The molecule has 162 valence electrons. The Kier molecular flexibility index (Phi) is 6.60. The van der Waals surface area contributed by atoms with E-state index in [0.717, 1.165) is 30.7 Å². The van der Waals surface area contributed by atoms with E-state index < -0.39 is 0 Å². The molecule has 1 aliphatic rings. The Morgan fingerprint density at radius 1 is 1.26 bits per heavy atom. The fraction of sp³-hybridized carbons (Fsp3) is 0.375. The van der Waals surface area contributed by atoms with Crippen LogP contribution in [0.15, 0.2) is 53.1 Å². The number of amides is 1. The number of aryl methyl sites for hydroxylation is 1. The summed E-state index contributed by atoms with van der Waals surface area (Å²) in [4.78, 5) is 19.0. The summed E-state index contributed by atoms with van der Waals surface area (Å²) in [5.74, 6) is 1.46. The molecule has 3 aromatic rings. The van der Waals surface area contributed by atoms with Crippen molar-refractivity contribution >= 4 is 5.91 Å². The maximum absolute atomic E-state index is 13.5. The Hall–Kier alpha value is -3.22. The molecule has 0 radical (unpaired) electrons. The summed E-state index contributed by atoms with van der Waals surface area (Å²) in [5.41, 5.74) is 1.72. The number of hydrogen-bond acceptors (Lipinski definition) is 5. The summed E-state index contributed by atoms with van der Waals surface area (Å²) in [6.45, 7) is 3.82. The molecule has 6 nitrogen and oxygen atoms in total. The number of hydrogen-bond donors (Lipinski definition) is 0. The van der Waals surface area contributed by atoms with Gasteiger partial charge in [-0.05, 0) is 56.0 Å². The van der Waals surface area contributed by atoms with Crippen LogP contribution >= 0.6 is 0 Å². The highest BCUT2D eigenvalue weighted by Gasteiger charge is 2.28. The van der Waals surface area contributed by atoms with Crippen molar-refractivity contribution in [3.05, 3.63) is 65.8 Å². The van der Waals surface area contributed by atoms with Crippen molar-refractivity contribution in [1.82, 2.24) is 15.0 Å². The quantitative estimate of drug-likeness (QED) is 0.513. The van der Waals surface area contributed by atoms with Gasteiger partial charge in [0.1, 0.15) is 11.6 Å². The second kappa shape index (κ2) is 9.73. The molecule has 1 unspecified atom stereocenters. The van der Waals surface area contributed by atoms with Gasteiger partial charge >= 0.3 is 0 Å². The molecular formula is C24H26FN3O3. The molecule has 1 amide bonds. The number of piperidine rings is 1. The van der Waals surface area contributed by atoms with Crippen LogP contribution in [0.1, 0.15) is 43.1 Å². The van der Waals surface area contributed by atoms with Crippen molar-refractivity contribution in [3.8, 4) is 17.1 Å². The Balaban J connectivity index is 1.28. The standard InChI is InChI=1S/C24H26FN3O3/c1-17-6-2-10-21(14-17)30-13-5-11-22(29)28-12-4-8-19(16-28)24-26-23(27-31-24)18-7-3-9-20(25)15-18/h2-3,6-7,9-10,14-15,19H,4-5,8,11-13,16H2,1H3. The molecule has 0 bridgehead atoms. The average Bonchev–Trinajstić information content (AvgIpc) is 3.27. The van der Waals surface area contributed by atoms with Crippen LogP contribution in [0.4, 0.5) is 4.39 Å². The zero-order chi connectivity index (χ0) is 21.6. The molecule has 2 aromatic carbocycles. The Morgan fingerprint density at radius 3 is 2.97 bits per heavy atom. The molecule has 1 aromatic heterocycles. The third kappa shape index (κ3) is 5.48. The maximum Gasteiger partial charge on any atom is 0.231 e. The van der Waals surface area contributed by atoms with Crippen molar-refractivity contribution < 1.29 is 18.4 Å². The number of aromatic nitrogens is 2. The first-order chi connectivity index (χ1) is 15.1. The first kappa shape index (κ1) is 21.0. The highest BCUT2D eigenvalue weighted by Crippen LogP contribution is 2.28. The summed E-state index contributed by atoms with van der Waals surface area (Å²) in [5, 5.41) is 4.00. The van der Waals surface area contributed by atoms with Gasteiger partial charge in [0.15, 0.2) is 0 Å². The molecule has 1 fully saturated rings. The predicted molar refractivity (Wildman–Crippen MR) is 114 cm³/mol.